The SMILES string of the molecule is CCCOc1ccc(Cl)cc1C=NNC(N)=S. The highest BCUT2D eigenvalue weighted by molar-refractivity contribution is 7.80. The van der Waals surface area contributed by atoms with Crippen LogP contribution in [0.3, 0.4) is 0 Å². The molecule has 0 fully saturated rings. The number of nitrogens with one attached hydrogen (secondary N) is 1. The van der Waals surface area contributed by atoms with Gasteiger partial charge < -0.3 is 10.5 Å². The van der Waals surface area contributed by atoms with Crippen LogP contribution in [-0.2, 0) is 0 Å². The molecule has 0 saturated carbocycles. The highest BCUT2D eigenvalue weighted by Crippen LogP contribution is 2.21. The quantitative estimate of drug-likeness (QED) is 0.490. The van der Waals surface area contributed by atoms with Crippen LogP contribution in [0.1, 0.15) is 18.9 Å². The molecule has 0 heterocycles. The third-order valence-electron chi connectivity index (χ3n) is 1.81. The standard InChI is InChI=1S/C11H14ClN3OS/c1-2-5-16-10-4-3-9(12)6-8(10)7-14-15-11(13)17/h3-4,6-7H,2,5H2,1H3,(H3,13,15,17). The van der Waals surface area contributed by atoms with Crippen molar-refractivity contribution in [1.82, 2.24) is 5.43 Å². The monoisotopic (exact) mass is 271 g/mol. The van der Waals surface area contributed by atoms with Crippen molar-refractivity contribution in [2.75, 3.05) is 6.61 Å². The third kappa shape index (κ3) is 5.01. The van der Waals surface area contributed by atoms with Crippen LogP contribution in [0, 0.1) is 0 Å². The molecule has 92 valence electrons. The van der Waals surface area contributed by atoms with Crippen LogP contribution in [0.15, 0.2) is 23.3 Å². The van der Waals surface area contributed by atoms with Crippen molar-refractivity contribution in [2.45, 2.75) is 13.3 Å². The fraction of sp³-hybridized carbons (Fsp3) is 0.273. The number of halogens is 1. The molecule has 0 atom stereocenters. The number of nitrogens with two attached hydrogens (primary N) is 1. The molecule has 3 N–H and O–H groups in total. The molecule has 1 aromatic rings. The summed E-state index contributed by atoms with van der Waals surface area (Å²) in [7, 11) is 0. The number of benzene rings is 1. The number of rotatable bonds is 5. The molecule has 0 radical (unpaired) electrons. The number of thiocarbonyl (C=S) groups is 1. The minimum atomic E-state index is 0.110. The van der Waals surface area contributed by atoms with E-state index in [0.717, 1.165) is 17.7 Å². The van der Waals surface area contributed by atoms with Crippen molar-refractivity contribution in [3.05, 3.63) is 28.8 Å². The number of hydrogen-bond donors (Lipinski definition) is 2. The van der Waals surface area contributed by atoms with E-state index in [0.29, 0.717) is 11.6 Å². The van der Waals surface area contributed by atoms with E-state index in [1.54, 1.807) is 24.4 Å². The summed E-state index contributed by atoms with van der Waals surface area (Å²) < 4.78 is 5.56. The molecule has 0 unspecified atom stereocenters. The summed E-state index contributed by atoms with van der Waals surface area (Å²) >= 11 is 10.5. The minimum Gasteiger partial charge on any atom is -0.493 e. The van der Waals surface area contributed by atoms with Gasteiger partial charge in [-0.1, -0.05) is 18.5 Å². The van der Waals surface area contributed by atoms with Gasteiger partial charge in [0.25, 0.3) is 0 Å². The smallest absolute Gasteiger partial charge is 0.184 e. The topological polar surface area (TPSA) is 59.6 Å². The summed E-state index contributed by atoms with van der Waals surface area (Å²) in [6.07, 6.45) is 2.50. The number of hydrazone groups is 1. The van der Waals surface area contributed by atoms with Crippen LogP contribution in [0.4, 0.5) is 0 Å². The summed E-state index contributed by atoms with van der Waals surface area (Å²) in [6, 6.07) is 5.34. The van der Waals surface area contributed by atoms with Gasteiger partial charge in [-0.05, 0) is 36.8 Å². The third-order valence-corrected chi connectivity index (χ3v) is 2.14. The molecule has 6 heteroatoms. The van der Waals surface area contributed by atoms with E-state index in [1.165, 1.54) is 0 Å². The summed E-state index contributed by atoms with van der Waals surface area (Å²) in [4.78, 5) is 0. The summed E-state index contributed by atoms with van der Waals surface area (Å²) in [5, 5.41) is 4.60. The van der Waals surface area contributed by atoms with Gasteiger partial charge in [0.15, 0.2) is 5.11 Å². The van der Waals surface area contributed by atoms with Crippen LogP contribution in [0.2, 0.25) is 5.02 Å². The molecule has 1 aromatic carbocycles. The molecule has 0 bridgehead atoms. The molecule has 0 aliphatic rings. The second-order valence-corrected chi connectivity index (χ2v) is 4.14. The van der Waals surface area contributed by atoms with Gasteiger partial charge >= 0.3 is 0 Å². The zero-order valence-corrected chi connectivity index (χ0v) is 11.0. The Bertz CT molecular complexity index is 423. The molecule has 0 aliphatic carbocycles. The molecule has 0 amide bonds. The average molecular weight is 272 g/mol. The van der Waals surface area contributed by atoms with Crippen molar-refractivity contribution in [3.8, 4) is 5.75 Å². The van der Waals surface area contributed by atoms with Crippen LogP contribution in [-0.4, -0.2) is 17.9 Å². The highest BCUT2D eigenvalue weighted by Gasteiger charge is 2.02. The first-order chi connectivity index (χ1) is 8.13. The van der Waals surface area contributed by atoms with Crippen molar-refractivity contribution in [3.63, 3.8) is 0 Å². The lowest BCUT2D eigenvalue weighted by Gasteiger charge is -2.08. The molecule has 1 rings (SSSR count). The maximum Gasteiger partial charge on any atom is 0.184 e. The highest BCUT2D eigenvalue weighted by atomic mass is 35.5. The summed E-state index contributed by atoms with van der Waals surface area (Å²) in [5.41, 5.74) is 8.50. The van der Waals surface area contributed by atoms with E-state index in [1.807, 2.05) is 6.92 Å². The van der Waals surface area contributed by atoms with Gasteiger partial charge in [-0.2, -0.15) is 5.10 Å². The largest absolute Gasteiger partial charge is 0.493 e. The molecule has 4 nitrogen and oxygen atoms in total. The van der Waals surface area contributed by atoms with Crippen LogP contribution >= 0.6 is 23.8 Å². The number of nitrogens with zero attached hydrogens (tertiary/aromatic N) is 1. The van der Waals surface area contributed by atoms with E-state index in [4.69, 9.17) is 22.1 Å². The Morgan fingerprint density at radius 3 is 3.06 bits per heavy atom. The van der Waals surface area contributed by atoms with Gasteiger partial charge in [-0.25, -0.2) is 0 Å². The Morgan fingerprint density at radius 1 is 1.65 bits per heavy atom. The first kappa shape index (κ1) is 13.7. The molecule has 0 aromatic heterocycles. The second-order valence-electron chi connectivity index (χ2n) is 3.26. The predicted molar refractivity (Wildman–Crippen MR) is 74.8 cm³/mol. The minimum absolute atomic E-state index is 0.110. The zero-order valence-electron chi connectivity index (χ0n) is 9.44. The number of ether oxygens (including phenoxy) is 1. The average Bonchev–Trinajstić information content (AvgIpc) is 2.27. The lowest BCUT2D eigenvalue weighted by molar-refractivity contribution is 0.317. The summed E-state index contributed by atoms with van der Waals surface area (Å²) in [6.45, 7) is 2.68. The van der Waals surface area contributed by atoms with Crippen molar-refractivity contribution in [2.24, 2.45) is 10.8 Å². The van der Waals surface area contributed by atoms with Crippen molar-refractivity contribution < 1.29 is 4.74 Å². The Morgan fingerprint density at radius 2 is 2.41 bits per heavy atom. The van der Waals surface area contributed by atoms with Gasteiger partial charge in [0.2, 0.25) is 0 Å². The number of hydrogen-bond acceptors (Lipinski definition) is 3. The lowest BCUT2D eigenvalue weighted by atomic mass is 10.2. The second kappa shape index (κ2) is 7.09. The van der Waals surface area contributed by atoms with Gasteiger partial charge in [0.1, 0.15) is 5.75 Å². The van der Waals surface area contributed by atoms with E-state index in [9.17, 15) is 0 Å². The fourth-order valence-corrected chi connectivity index (χ4v) is 1.36. The Hall–Kier alpha value is -1.33. The van der Waals surface area contributed by atoms with E-state index in [-0.39, 0.29) is 5.11 Å². The maximum absolute atomic E-state index is 5.90. The molecule has 0 spiro atoms. The van der Waals surface area contributed by atoms with Gasteiger partial charge in [-0.15, -0.1) is 0 Å². The lowest BCUT2D eigenvalue weighted by Crippen LogP contribution is -2.24. The van der Waals surface area contributed by atoms with E-state index >= 15 is 0 Å². The van der Waals surface area contributed by atoms with Crippen molar-refractivity contribution >= 4 is 35.1 Å². The molecule has 0 saturated heterocycles. The normalized spacial score (nSPS) is 10.5. The first-order valence-corrected chi connectivity index (χ1v) is 5.93. The van der Waals surface area contributed by atoms with Gasteiger partial charge in [0.05, 0.1) is 12.8 Å². The zero-order chi connectivity index (χ0) is 12.7. The molecule has 0 aliphatic heterocycles. The van der Waals surface area contributed by atoms with Crippen molar-refractivity contribution in [1.29, 1.82) is 0 Å². The van der Waals surface area contributed by atoms with E-state index in [2.05, 4.69) is 22.7 Å². The Balaban J connectivity index is 2.82. The first-order valence-electron chi connectivity index (χ1n) is 5.14. The maximum atomic E-state index is 5.90. The Labute approximate surface area is 111 Å². The van der Waals surface area contributed by atoms with Crippen LogP contribution < -0.4 is 15.9 Å². The van der Waals surface area contributed by atoms with Crippen LogP contribution in [0.5, 0.6) is 5.75 Å². The van der Waals surface area contributed by atoms with Gasteiger partial charge in [0, 0.05) is 10.6 Å². The predicted octanol–water partition coefficient (Wildman–Crippen LogP) is 2.30. The Kier molecular flexibility index (Phi) is 5.72. The van der Waals surface area contributed by atoms with Crippen LogP contribution in [0.25, 0.3) is 0 Å². The molecular weight excluding hydrogens is 258 g/mol. The molecule has 17 heavy (non-hydrogen) atoms. The fourth-order valence-electron chi connectivity index (χ4n) is 1.13. The molecular formula is C11H14ClN3OS. The van der Waals surface area contributed by atoms with E-state index < -0.39 is 0 Å². The summed E-state index contributed by atoms with van der Waals surface area (Å²) in [5.74, 6) is 0.727. The van der Waals surface area contributed by atoms with Gasteiger partial charge in [-0.3, -0.25) is 5.43 Å².